The molecule has 282 valence electrons. The third kappa shape index (κ3) is 8.14. The van der Waals surface area contributed by atoms with Gasteiger partial charge < -0.3 is 18.6 Å². The summed E-state index contributed by atoms with van der Waals surface area (Å²) >= 11 is 0. The van der Waals surface area contributed by atoms with Crippen molar-refractivity contribution >= 4 is 40.7 Å². The molecular weight excluding hydrogens is 721 g/mol. The van der Waals surface area contributed by atoms with Gasteiger partial charge in [0, 0.05) is 25.6 Å². The van der Waals surface area contributed by atoms with Crippen molar-refractivity contribution < 1.29 is 40.8 Å². The van der Waals surface area contributed by atoms with Gasteiger partial charge in [-0.3, -0.25) is 28.1 Å². The van der Waals surface area contributed by atoms with Crippen LogP contribution < -0.4 is 21.6 Å². The van der Waals surface area contributed by atoms with Gasteiger partial charge in [0.2, 0.25) is 0 Å². The molecule has 1 fully saturated rings. The summed E-state index contributed by atoms with van der Waals surface area (Å²) in [6, 6.07) is 25.2. The zero-order chi connectivity index (χ0) is 38.8. The Kier molecular flexibility index (Phi) is 11.5. The van der Waals surface area contributed by atoms with Crippen LogP contribution in [0.15, 0.2) is 106 Å². The van der Waals surface area contributed by atoms with E-state index in [1.165, 1.54) is 25.3 Å². The second-order valence-corrected chi connectivity index (χ2v) is 20.1. The van der Waals surface area contributed by atoms with E-state index < -0.39 is 83.9 Å². The first kappa shape index (κ1) is 39.5. The normalized spacial score (nSPS) is 20.5. The number of nitrogens with zero attached hydrogens (tertiary/aromatic N) is 1. The Balaban J connectivity index is 1.74. The lowest BCUT2D eigenvalue weighted by Gasteiger charge is -2.45. The number of carbonyl (C=O) groups is 2. The van der Waals surface area contributed by atoms with Gasteiger partial charge in [0.15, 0.2) is 24.0 Å². The van der Waals surface area contributed by atoms with Crippen LogP contribution in [0.2, 0.25) is 5.04 Å². The van der Waals surface area contributed by atoms with Crippen LogP contribution in [-0.2, 0) is 42.5 Å². The van der Waals surface area contributed by atoms with Crippen LogP contribution >= 0.6 is 0 Å². The third-order valence-corrected chi connectivity index (χ3v) is 15.4. The minimum atomic E-state index is -4.47. The van der Waals surface area contributed by atoms with Gasteiger partial charge in [-0.2, -0.15) is 8.42 Å². The summed E-state index contributed by atoms with van der Waals surface area (Å²) < 4.78 is 59.7. The average Bonchev–Trinajstić information content (AvgIpc) is 3.37. The molecule has 5 rings (SSSR count). The maximum Gasteiger partial charge on any atom is 0.330 e. The van der Waals surface area contributed by atoms with Crippen LogP contribution in [-0.4, -0.2) is 69.2 Å². The molecule has 0 bridgehead atoms. The van der Waals surface area contributed by atoms with Crippen molar-refractivity contribution in [2.24, 2.45) is 0 Å². The Morgan fingerprint density at radius 2 is 1.40 bits per heavy atom. The molecule has 1 N–H and O–H groups in total. The number of esters is 2. The Labute approximate surface area is 309 Å². The fourth-order valence-corrected chi connectivity index (χ4v) is 12.3. The minimum absolute atomic E-state index is 0.123. The summed E-state index contributed by atoms with van der Waals surface area (Å²) in [4.78, 5) is 53.3. The number of carbonyl (C=O) groups excluding carboxylic acids is 2. The van der Waals surface area contributed by atoms with Gasteiger partial charge in [-0.05, 0) is 41.4 Å². The molecule has 1 aromatic heterocycles. The van der Waals surface area contributed by atoms with Crippen molar-refractivity contribution in [3.63, 3.8) is 0 Å². The lowest BCUT2D eigenvalue weighted by molar-refractivity contribution is -0.174. The largest absolute Gasteiger partial charge is 0.455 e. The van der Waals surface area contributed by atoms with Crippen LogP contribution in [0.5, 0.6) is 0 Å². The van der Waals surface area contributed by atoms with E-state index in [0.29, 0.717) is 0 Å². The highest BCUT2D eigenvalue weighted by Crippen LogP contribution is 2.44. The fraction of sp³-hybridized carbons (Fsp3) is 0.368. The van der Waals surface area contributed by atoms with Crippen LogP contribution in [0.3, 0.4) is 0 Å². The first-order valence-electron chi connectivity index (χ1n) is 17.0. The number of nitrogens with one attached hydrogen (secondary N) is 1. The number of hydrogen-bond acceptors (Lipinski definition) is 11. The molecule has 3 aromatic carbocycles. The van der Waals surface area contributed by atoms with E-state index >= 15 is 0 Å². The van der Waals surface area contributed by atoms with E-state index in [2.05, 4.69) is 4.98 Å². The number of aryl methyl sites for hydroxylation is 2. The van der Waals surface area contributed by atoms with Crippen molar-refractivity contribution in [3.05, 3.63) is 123 Å². The Hall–Kier alpha value is -4.67. The van der Waals surface area contributed by atoms with Gasteiger partial charge in [0.05, 0.1) is 11.5 Å². The van der Waals surface area contributed by atoms with E-state index in [1.807, 2.05) is 81.4 Å². The molecular formula is C38H44N2O11SSi. The van der Waals surface area contributed by atoms with E-state index in [0.717, 1.165) is 34.4 Å². The topological polar surface area (TPSA) is 169 Å². The van der Waals surface area contributed by atoms with Crippen LogP contribution in [0.1, 0.15) is 52.0 Å². The van der Waals surface area contributed by atoms with Crippen molar-refractivity contribution in [2.45, 2.75) is 82.4 Å². The molecule has 15 heteroatoms. The summed E-state index contributed by atoms with van der Waals surface area (Å²) in [5.74, 6) is -1.63. The van der Waals surface area contributed by atoms with Gasteiger partial charge >= 0.3 is 17.6 Å². The molecule has 0 radical (unpaired) electrons. The molecule has 2 heterocycles. The SMILES string of the molecule is CC(=O)O[C@H]1[C@H](n2cc(C)c(=O)[nH]c2=O)O[C@@](CO[Si](c2ccccc2)(c2ccccc2)C(C)(C)C)(COS(=O)(=O)c2ccc(C)cc2)[C@H]1OC(C)=O. The highest BCUT2D eigenvalue weighted by molar-refractivity contribution is 7.86. The second-order valence-electron chi connectivity index (χ2n) is 14.1. The monoisotopic (exact) mass is 764 g/mol. The molecule has 0 amide bonds. The van der Waals surface area contributed by atoms with E-state index in [4.69, 9.17) is 22.8 Å². The number of benzene rings is 3. The lowest BCUT2D eigenvalue weighted by atomic mass is 9.96. The van der Waals surface area contributed by atoms with Crippen molar-refractivity contribution in [3.8, 4) is 0 Å². The third-order valence-electron chi connectivity index (χ3n) is 9.19. The highest BCUT2D eigenvalue weighted by atomic mass is 32.2. The summed E-state index contributed by atoms with van der Waals surface area (Å²) in [5.41, 5.74) is -2.66. The first-order valence-corrected chi connectivity index (χ1v) is 20.3. The molecule has 0 spiro atoms. The van der Waals surface area contributed by atoms with Crippen LogP contribution in [0.4, 0.5) is 0 Å². The average molecular weight is 765 g/mol. The molecule has 53 heavy (non-hydrogen) atoms. The zero-order valence-electron chi connectivity index (χ0n) is 30.7. The second kappa shape index (κ2) is 15.4. The highest BCUT2D eigenvalue weighted by Gasteiger charge is 2.63. The predicted octanol–water partition coefficient (Wildman–Crippen LogP) is 3.27. The number of ether oxygens (including phenoxy) is 3. The number of aromatic amines is 1. The van der Waals surface area contributed by atoms with Crippen LogP contribution in [0, 0.1) is 13.8 Å². The molecule has 4 aromatic rings. The van der Waals surface area contributed by atoms with Crippen molar-refractivity contribution in [1.29, 1.82) is 0 Å². The number of rotatable bonds is 12. The Morgan fingerprint density at radius 1 is 0.849 bits per heavy atom. The first-order chi connectivity index (χ1) is 24.9. The number of aromatic nitrogens is 2. The molecule has 1 aliphatic rings. The molecule has 0 unspecified atom stereocenters. The molecule has 1 saturated heterocycles. The number of H-pyrrole nitrogens is 1. The fourth-order valence-electron chi connectivity index (χ4n) is 6.69. The molecule has 0 aliphatic carbocycles. The van der Waals surface area contributed by atoms with Crippen molar-refractivity contribution in [1.82, 2.24) is 9.55 Å². The quantitative estimate of drug-likeness (QED) is 0.128. The van der Waals surface area contributed by atoms with E-state index in [9.17, 15) is 27.6 Å². The summed E-state index contributed by atoms with van der Waals surface area (Å²) in [7, 11) is -7.88. The summed E-state index contributed by atoms with van der Waals surface area (Å²) in [5, 5.41) is 1.19. The smallest absolute Gasteiger partial charge is 0.330 e. The molecule has 4 atom stereocenters. The van der Waals surface area contributed by atoms with Gasteiger partial charge in [-0.25, -0.2) is 4.79 Å². The predicted molar refractivity (Wildman–Crippen MR) is 198 cm³/mol. The molecule has 0 saturated carbocycles. The standard InChI is InChI=1S/C38H44N2O11SSi/c1-25-18-20-29(21-19-25)52(45,46)47-23-38(24-48-53(37(5,6)7,30-14-10-8-11-15-30)31-16-12-9-13-17-31)33(50-28(4)42)32(49-27(3)41)35(51-38)40-22-26(2)34(43)39-36(40)44/h8-22,32-33,35H,23-24H2,1-7H3,(H,39,43,44)/t32-,33+,35-,38-/m1/s1. The maximum absolute atomic E-state index is 13.7. The lowest BCUT2D eigenvalue weighted by Crippen LogP contribution is -2.68. The molecule has 13 nitrogen and oxygen atoms in total. The summed E-state index contributed by atoms with van der Waals surface area (Å²) in [6.45, 7) is 10.4. The molecule has 1 aliphatic heterocycles. The van der Waals surface area contributed by atoms with Gasteiger partial charge in [0.25, 0.3) is 24.0 Å². The Bertz CT molecular complexity index is 2130. The van der Waals surface area contributed by atoms with E-state index in [1.54, 1.807) is 19.1 Å². The van der Waals surface area contributed by atoms with Crippen LogP contribution in [0.25, 0.3) is 0 Å². The zero-order valence-corrected chi connectivity index (χ0v) is 32.5. The van der Waals surface area contributed by atoms with Gasteiger partial charge in [0.1, 0.15) is 6.61 Å². The minimum Gasteiger partial charge on any atom is -0.455 e. The Morgan fingerprint density at radius 3 is 1.91 bits per heavy atom. The van der Waals surface area contributed by atoms with Gasteiger partial charge in [-0.1, -0.05) is 99.1 Å². The van der Waals surface area contributed by atoms with Gasteiger partial charge in [-0.15, -0.1) is 0 Å². The van der Waals surface area contributed by atoms with E-state index in [-0.39, 0.29) is 10.5 Å². The summed E-state index contributed by atoms with van der Waals surface area (Å²) in [6.07, 6.45) is -3.44. The number of hydrogen-bond donors (Lipinski definition) is 1. The maximum atomic E-state index is 13.7. The van der Waals surface area contributed by atoms with Crippen molar-refractivity contribution in [2.75, 3.05) is 13.2 Å².